The summed E-state index contributed by atoms with van der Waals surface area (Å²) in [6.07, 6.45) is 4.52. The summed E-state index contributed by atoms with van der Waals surface area (Å²) in [4.78, 5) is 19.8. The number of nitrogens with zero attached hydrogens (tertiary/aromatic N) is 2. The molecule has 1 aromatic heterocycles. The number of thiazole rings is 1. The summed E-state index contributed by atoms with van der Waals surface area (Å²) in [6, 6.07) is -0.0775. The number of carbonyl (C=O) groups excluding carboxylic acids is 1. The van der Waals surface area contributed by atoms with Crippen LogP contribution in [0.15, 0.2) is 5.51 Å². The number of likely N-dealkylation sites (tertiary alicyclic amines) is 1. The number of amides is 1. The zero-order chi connectivity index (χ0) is 13.7. The number of carbonyl (C=O) groups is 1. The van der Waals surface area contributed by atoms with Gasteiger partial charge < -0.3 is 10.2 Å². The van der Waals surface area contributed by atoms with Gasteiger partial charge in [-0.15, -0.1) is 11.3 Å². The summed E-state index contributed by atoms with van der Waals surface area (Å²) in [5, 5.41) is 3.33. The quantitative estimate of drug-likeness (QED) is 0.897. The van der Waals surface area contributed by atoms with Crippen LogP contribution in [0.2, 0.25) is 0 Å². The zero-order valence-corrected chi connectivity index (χ0v) is 12.6. The molecule has 0 bridgehead atoms. The van der Waals surface area contributed by atoms with Gasteiger partial charge in [0, 0.05) is 24.5 Å². The number of hydrogen-bond acceptors (Lipinski definition) is 4. The van der Waals surface area contributed by atoms with Crippen LogP contribution in [-0.2, 0) is 11.2 Å². The van der Waals surface area contributed by atoms with Crippen LogP contribution in [0.1, 0.15) is 36.8 Å². The number of piperidine rings is 1. The van der Waals surface area contributed by atoms with E-state index in [2.05, 4.69) is 10.3 Å². The highest BCUT2D eigenvalue weighted by atomic mass is 32.1. The Balaban J connectivity index is 1.73. The van der Waals surface area contributed by atoms with Crippen LogP contribution >= 0.6 is 11.3 Å². The minimum Gasteiger partial charge on any atom is -0.341 e. The summed E-state index contributed by atoms with van der Waals surface area (Å²) in [5.41, 5.74) is 2.99. The van der Waals surface area contributed by atoms with Gasteiger partial charge in [0.2, 0.25) is 5.91 Å². The first-order valence-corrected chi connectivity index (χ1v) is 7.97. The Morgan fingerprint density at radius 3 is 2.84 bits per heavy atom. The van der Waals surface area contributed by atoms with Crippen LogP contribution in [0.4, 0.5) is 0 Å². The molecule has 1 aromatic rings. The average Bonchev–Trinajstić information content (AvgIpc) is 2.84. The highest BCUT2D eigenvalue weighted by Crippen LogP contribution is 2.12. The molecule has 0 spiro atoms. The predicted octanol–water partition coefficient (Wildman–Crippen LogP) is 1.98. The number of hydrogen-bond donors (Lipinski definition) is 1. The second kappa shape index (κ2) is 7.01. The molecular weight excluding hydrogens is 258 g/mol. The molecular formula is C14H23N3OS. The maximum Gasteiger partial charge on any atom is 0.239 e. The Morgan fingerprint density at radius 2 is 2.21 bits per heavy atom. The van der Waals surface area contributed by atoms with Gasteiger partial charge in [-0.3, -0.25) is 4.79 Å². The van der Waals surface area contributed by atoms with Crippen LogP contribution in [-0.4, -0.2) is 41.5 Å². The first kappa shape index (κ1) is 14.5. The van der Waals surface area contributed by atoms with E-state index in [9.17, 15) is 4.79 Å². The molecule has 1 saturated heterocycles. The fourth-order valence-electron chi connectivity index (χ4n) is 2.44. The van der Waals surface area contributed by atoms with Crippen LogP contribution < -0.4 is 5.32 Å². The third kappa shape index (κ3) is 4.01. The van der Waals surface area contributed by atoms with Crippen molar-refractivity contribution in [2.24, 2.45) is 0 Å². The van der Waals surface area contributed by atoms with Gasteiger partial charge in [0.15, 0.2) is 0 Å². The topological polar surface area (TPSA) is 45.2 Å². The lowest BCUT2D eigenvalue weighted by atomic mass is 10.1. The van der Waals surface area contributed by atoms with Gasteiger partial charge in [0.25, 0.3) is 0 Å². The molecule has 4 nitrogen and oxygen atoms in total. The summed E-state index contributed by atoms with van der Waals surface area (Å²) in [7, 11) is 0. The first-order chi connectivity index (χ1) is 9.18. The Bertz CT molecular complexity index is 413. The molecule has 0 aliphatic carbocycles. The van der Waals surface area contributed by atoms with Gasteiger partial charge in [-0.05, 0) is 39.5 Å². The Hall–Kier alpha value is -0.940. The summed E-state index contributed by atoms with van der Waals surface area (Å²) < 4.78 is 0. The van der Waals surface area contributed by atoms with Gasteiger partial charge in [0.05, 0.1) is 17.2 Å². The van der Waals surface area contributed by atoms with Crippen molar-refractivity contribution in [2.75, 3.05) is 19.6 Å². The highest BCUT2D eigenvalue weighted by Gasteiger charge is 2.21. The van der Waals surface area contributed by atoms with Gasteiger partial charge in [0.1, 0.15) is 0 Å². The molecule has 1 fully saturated rings. The largest absolute Gasteiger partial charge is 0.341 e. The maximum absolute atomic E-state index is 12.2. The van der Waals surface area contributed by atoms with Gasteiger partial charge in [-0.25, -0.2) is 4.98 Å². The van der Waals surface area contributed by atoms with E-state index in [0.29, 0.717) is 0 Å². The molecule has 1 aliphatic rings. The minimum absolute atomic E-state index is 0.0775. The normalized spacial score (nSPS) is 17.5. The highest BCUT2D eigenvalue weighted by molar-refractivity contribution is 7.09. The lowest BCUT2D eigenvalue weighted by Crippen LogP contribution is -2.47. The smallest absolute Gasteiger partial charge is 0.239 e. The van der Waals surface area contributed by atoms with E-state index in [1.165, 1.54) is 11.3 Å². The molecule has 2 heterocycles. The summed E-state index contributed by atoms with van der Waals surface area (Å²) >= 11 is 1.69. The standard InChI is InChI=1S/C14H23N3OS/c1-11-13(19-10-16-11)6-7-15-12(2)14(18)17-8-4-3-5-9-17/h10,12,15H,3-9H2,1-2H3. The van der Waals surface area contributed by atoms with Crippen LogP contribution in [0, 0.1) is 6.92 Å². The minimum atomic E-state index is -0.0775. The average molecular weight is 281 g/mol. The fraction of sp³-hybridized carbons (Fsp3) is 0.714. The number of nitrogens with one attached hydrogen (secondary N) is 1. The van der Waals surface area contributed by atoms with E-state index in [1.807, 2.05) is 24.3 Å². The summed E-state index contributed by atoms with van der Waals surface area (Å²) in [6.45, 7) is 6.70. The molecule has 1 unspecified atom stereocenters. The molecule has 19 heavy (non-hydrogen) atoms. The molecule has 1 N–H and O–H groups in total. The predicted molar refractivity (Wildman–Crippen MR) is 78.5 cm³/mol. The van der Waals surface area contributed by atoms with Crippen molar-refractivity contribution in [1.29, 1.82) is 0 Å². The van der Waals surface area contributed by atoms with Gasteiger partial charge >= 0.3 is 0 Å². The van der Waals surface area contributed by atoms with Crippen LogP contribution in [0.5, 0.6) is 0 Å². The van der Waals surface area contributed by atoms with E-state index in [4.69, 9.17) is 0 Å². The van der Waals surface area contributed by atoms with E-state index >= 15 is 0 Å². The number of aromatic nitrogens is 1. The Kier molecular flexibility index (Phi) is 5.34. The van der Waals surface area contributed by atoms with Crippen molar-refractivity contribution in [3.8, 4) is 0 Å². The van der Waals surface area contributed by atoms with E-state index < -0.39 is 0 Å². The molecule has 2 rings (SSSR count). The Labute approximate surface area is 119 Å². The third-order valence-corrected chi connectivity index (χ3v) is 4.68. The van der Waals surface area contributed by atoms with Gasteiger partial charge in [-0.1, -0.05) is 0 Å². The fourth-order valence-corrected chi connectivity index (χ4v) is 3.23. The van der Waals surface area contributed by atoms with Crippen molar-refractivity contribution >= 4 is 17.2 Å². The molecule has 0 saturated carbocycles. The zero-order valence-electron chi connectivity index (χ0n) is 11.8. The third-order valence-electron chi connectivity index (χ3n) is 3.69. The van der Waals surface area contributed by atoms with Crippen LogP contribution in [0.25, 0.3) is 0 Å². The van der Waals surface area contributed by atoms with E-state index in [0.717, 1.165) is 44.6 Å². The van der Waals surface area contributed by atoms with Crippen molar-refractivity contribution in [2.45, 2.75) is 45.6 Å². The first-order valence-electron chi connectivity index (χ1n) is 7.09. The second-order valence-electron chi connectivity index (χ2n) is 5.17. The number of aryl methyl sites for hydroxylation is 1. The second-order valence-corrected chi connectivity index (χ2v) is 6.11. The van der Waals surface area contributed by atoms with Crippen molar-refractivity contribution in [3.05, 3.63) is 16.1 Å². The Morgan fingerprint density at radius 1 is 1.47 bits per heavy atom. The van der Waals surface area contributed by atoms with Crippen molar-refractivity contribution in [1.82, 2.24) is 15.2 Å². The lowest BCUT2D eigenvalue weighted by molar-refractivity contribution is -0.133. The van der Waals surface area contributed by atoms with E-state index in [1.54, 1.807) is 11.3 Å². The monoisotopic (exact) mass is 281 g/mol. The SMILES string of the molecule is Cc1ncsc1CCNC(C)C(=O)N1CCCCC1. The molecule has 1 aliphatic heterocycles. The molecule has 1 amide bonds. The summed E-state index contributed by atoms with van der Waals surface area (Å²) in [5.74, 6) is 0.251. The molecule has 1 atom stereocenters. The van der Waals surface area contributed by atoms with Crippen molar-refractivity contribution < 1.29 is 4.79 Å². The van der Waals surface area contributed by atoms with E-state index in [-0.39, 0.29) is 11.9 Å². The lowest BCUT2D eigenvalue weighted by Gasteiger charge is -2.29. The maximum atomic E-state index is 12.2. The molecule has 106 valence electrons. The molecule has 0 radical (unpaired) electrons. The number of rotatable bonds is 5. The molecule has 0 aromatic carbocycles. The van der Waals surface area contributed by atoms with Crippen molar-refractivity contribution in [3.63, 3.8) is 0 Å². The van der Waals surface area contributed by atoms with Gasteiger partial charge in [-0.2, -0.15) is 0 Å². The van der Waals surface area contributed by atoms with Crippen LogP contribution in [0.3, 0.4) is 0 Å². The molecule has 5 heteroatoms.